The van der Waals surface area contributed by atoms with Gasteiger partial charge in [0, 0.05) is 16.3 Å². The minimum absolute atomic E-state index is 0.206. The van der Waals surface area contributed by atoms with Crippen molar-refractivity contribution in [2.24, 2.45) is 15.1 Å². The summed E-state index contributed by atoms with van der Waals surface area (Å²) in [6.07, 6.45) is 1.86. The smallest absolute Gasteiger partial charge is 0.254 e. The predicted molar refractivity (Wildman–Crippen MR) is 128 cm³/mol. The van der Waals surface area contributed by atoms with Crippen molar-refractivity contribution < 1.29 is 0 Å². The molecule has 0 fully saturated rings. The van der Waals surface area contributed by atoms with Gasteiger partial charge in [-0.15, -0.1) is 16.9 Å². The van der Waals surface area contributed by atoms with Gasteiger partial charge in [0.1, 0.15) is 0 Å². The SMILES string of the molecule is CSc1ccc(C2NN=C3N=C(Nc4ccccc4)N=C(Nc4ccccc4)N32)cc1. The van der Waals surface area contributed by atoms with Gasteiger partial charge < -0.3 is 10.6 Å². The molecule has 8 heteroatoms. The third kappa shape index (κ3) is 4.10. The summed E-state index contributed by atoms with van der Waals surface area (Å²) in [5.41, 5.74) is 6.13. The van der Waals surface area contributed by atoms with Crippen LogP contribution in [-0.4, -0.2) is 29.0 Å². The van der Waals surface area contributed by atoms with Crippen LogP contribution >= 0.6 is 11.8 Å². The Kier molecular flexibility index (Phi) is 5.28. The van der Waals surface area contributed by atoms with Gasteiger partial charge in [-0.2, -0.15) is 9.98 Å². The van der Waals surface area contributed by atoms with Crippen LogP contribution < -0.4 is 16.1 Å². The zero-order chi connectivity index (χ0) is 21.0. The number of anilines is 2. The molecular formula is C23H21N7S. The maximum absolute atomic E-state index is 4.77. The minimum atomic E-state index is -0.206. The highest BCUT2D eigenvalue weighted by Gasteiger charge is 2.36. The highest BCUT2D eigenvalue weighted by molar-refractivity contribution is 7.98. The van der Waals surface area contributed by atoms with E-state index in [1.165, 1.54) is 4.90 Å². The van der Waals surface area contributed by atoms with E-state index < -0.39 is 0 Å². The quantitative estimate of drug-likeness (QED) is 0.533. The van der Waals surface area contributed by atoms with E-state index >= 15 is 0 Å². The van der Waals surface area contributed by atoms with E-state index in [0.717, 1.165) is 16.9 Å². The van der Waals surface area contributed by atoms with Crippen molar-refractivity contribution in [1.29, 1.82) is 0 Å². The molecule has 154 valence electrons. The number of nitrogens with one attached hydrogen (secondary N) is 3. The van der Waals surface area contributed by atoms with E-state index in [4.69, 9.17) is 4.99 Å². The van der Waals surface area contributed by atoms with Crippen molar-refractivity contribution >= 4 is 41.0 Å². The number of aliphatic imine (C=N–C) groups is 2. The Morgan fingerprint density at radius 1 is 0.806 bits per heavy atom. The summed E-state index contributed by atoms with van der Waals surface area (Å²) in [7, 11) is 0. The number of hydrogen-bond donors (Lipinski definition) is 3. The Morgan fingerprint density at radius 2 is 1.45 bits per heavy atom. The molecular weight excluding hydrogens is 406 g/mol. The fourth-order valence-electron chi connectivity index (χ4n) is 3.37. The lowest BCUT2D eigenvalue weighted by Crippen LogP contribution is -2.45. The third-order valence-electron chi connectivity index (χ3n) is 4.90. The van der Waals surface area contributed by atoms with Crippen LogP contribution in [0.2, 0.25) is 0 Å². The maximum Gasteiger partial charge on any atom is 0.254 e. The summed E-state index contributed by atoms with van der Waals surface area (Å²) < 4.78 is 0. The van der Waals surface area contributed by atoms with Gasteiger partial charge in [-0.3, -0.25) is 10.3 Å². The number of nitrogens with zero attached hydrogens (tertiary/aromatic N) is 4. The standard InChI is InChI=1S/C23H21N7S/c1-31-19-14-12-16(13-15-19)20-28-29-23-27-21(24-17-8-4-2-5-9-17)26-22(30(20)23)25-18-10-6-3-7-11-18/h2-15,20,28H,1H3,(H2,24,25,26,27,29). The van der Waals surface area contributed by atoms with Crippen LogP contribution in [0.3, 0.4) is 0 Å². The molecule has 1 atom stereocenters. The number of fused-ring (bicyclic) bond motifs is 1. The molecule has 2 heterocycles. The monoisotopic (exact) mass is 427 g/mol. The van der Waals surface area contributed by atoms with Gasteiger partial charge in [0.2, 0.25) is 11.9 Å². The summed E-state index contributed by atoms with van der Waals surface area (Å²) in [5, 5.41) is 11.2. The number of hydrogen-bond acceptors (Lipinski definition) is 8. The molecule has 1 unspecified atom stereocenters. The van der Waals surface area contributed by atoms with Crippen molar-refractivity contribution in [3.8, 4) is 0 Å². The normalized spacial score (nSPS) is 17.1. The topological polar surface area (TPSA) is 76.4 Å². The second-order valence-corrected chi connectivity index (χ2v) is 7.82. The van der Waals surface area contributed by atoms with Gasteiger partial charge in [0.05, 0.1) is 0 Å². The lowest BCUT2D eigenvalue weighted by atomic mass is 10.1. The zero-order valence-corrected chi connectivity index (χ0v) is 17.7. The van der Waals surface area contributed by atoms with Gasteiger partial charge in [0.15, 0.2) is 6.17 Å². The van der Waals surface area contributed by atoms with Gasteiger partial charge in [-0.05, 0) is 48.2 Å². The molecule has 3 N–H and O–H groups in total. The number of thioether (sulfide) groups is 1. The summed E-state index contributed by atoms with van der Waals surface area (Å²) in [4.78, 5) is 12.6. The summed E-state index contributed by atoms with van der Waals surface area (Å²) in [6, 6.07) is 28.2. The molecule has 0 amide bonds. The molecule has 3 aromatic rings. The highest BCUT2D eigenvalue weighted by Crippen LogP contribution is 2.28. The third-order valence-corrected chi connectivity index (χ3v) is 5.64. The largest absolute Gasteiger partial charge is 0.325 e. The number of rotatable bonds is 4. The number of benzene rings is 3. The van der Waals surface area contributed by atoms with Crippen LogP contribution in [0.5, 0.6) is 0 Å². The van der Waals surface area contributed by atoms with E-state index in [9.17, 15) is 0 Å². The first-order valence-corrected chi connectivity index (χ1v) is 11.1. The molecule has 3 aromatic carbocycles. The second-order valence-electron chi connectivity index (χ2n) is 6.94. The Labute approximate surface area is 185 Å². The summed E-state index contributed by atoms with van der Waals surface area (Å²) in [6.45, 7) is 0. The molecule has 7 nitrogen and oxygen atoms in total. The van der Waals surface area contributed by atoms with Crippen LogP contribution in [0.1, 0.15) is 11.7 Å². The van der Waals surface area contributed by atoms with Gasteiger partial charge >= 0.3 is 0 Å². The highest BCUT2D eigenvalue weighted by atomic mass is 32.2. The average molecular weight is 428 g/mol. The first kappa shape index (κ1) is 19.2. The van der Waals surface area contributed by atoms with E-state index in [2.05, 4.69) is 56.7 Å². The Morgan fingerprint density at radius 3 is 2.10 bits per heavy atom. The van der Waals surface area contributed by atoms with Crippen LogP contribution in [0.15, 0.2) is 105 Å². The first-order chi connectivity index (χ1) is 15.3. The number of hydrazone groups is 1. The maximum atomic E-state index is 4.77. The Bertz CT molecular complexity index is 1140. The van der Waals surface area contributed by atoms with Crippen LogP contribution in [0.25, 0.3) is 0 Å². The molecule has 0 saturated heterocycles. The Balaban J connectivity index is 1.48. The summed E-state index contributed by atoms with van der Waals surface area (Å²) >= 11 is 1.72. The molecule has 31 heavy (non-hydrogen) atoms. The lowest BCUT2D eigenvalue weighted by molar-refractivity contribution is 0.419. The fourth-order valence-corrected chi connectivity index (χ4v) is 3.78. The Hall–Kier alpha value is -3.78. The van der Waals surface area contributed by atoms with E-state index in [1.807, 2.05) is 65.6 Å². The van der Waals surface area contributed by atoms with E-state index in [0.29, 0.717) is 17.9 Å². The molecule has 0 radical (unpaired) electrons. The van der Waals surface area contributed by atoms with Crippen LogP contribution in [0, 0.1) is 0 Å². The first-order valence-electron chi connectivity index (χ1n) is 9.88. The van der Waals surface area contributed by atoms with Crippen LogP contribution in [-0.2, 0) is 0 Å². The average Bonchev–Trinajstić information content (AvgIpc) is 3.25. The molecule has 2 aliphatic heterocycles. The van der Waals surface area contributed by atoms with Gasteiger partial charge in [0.25, 0.3) is 5.96 Å². The second kappa shape index (κ2) is 8.53. The molecule has 0 bridgehead atoms. The zero-order valence-electron chi connectivity index (χ0n) is 16.9. The number of para-hydroxylation sites is 2. The fraction of sp³-hybridized carbons (Fsp3) is 0.0870. The van der Waals surface area contributed by atoms with E-state index in [1.54, 1.807) is 11.8 Å². The molecule has 5 rings (SSSR count). The van der Waals surface area contributed by atoms with Crippen molar-refractivity contribution in [3.63, 3.8) is 0 Å². The van der Waals surface area contributed by atoms with Crippen molar-refractivity contribution in [3.05, 3.63) is 90.5 Å². The molecule has 0 spiro atoms. The van der Waals surface area contributed by atoms with Crippen molar-refractivity contribution in [1.82, 2.24) is 10.3 Å². The molecule has 0 saturated carbocycles. The molecule has 0 aromatic heterocycles. The lowest BCUT2D eigenvalue weighted by Gasteiger charge is -2.30. The van der Waals surface area contributed by atoms with Crippen molar-refractivity contribution in [2.75, 3.05) is 16.9 Å². The molecule has 2 aliphatic rings. The predicted octanol–water partition coefficient (Wildman–Crippen LogP) is 4.53. The van der Waals surface area contributed by atoms with Gasteiger partial charge in [-0.25, -0.2) is 0 Å². The number of guanidine groups is 3. The van der Waals surface area contributed by atoms with Crippen LogP contribution in [0.4, 0.5) is 11.4 Å². The van der Waals surface area contributed by atoms with Crippen molar-refractivity contribution in [2.45, 2.75) is 11.1 Å². The van der Waals surface area contributed by atoms with E-state index in [-0.39, 0.29) is 6.17 Å². The minimum Gasteiger partial charge on any atom is -0.325 e. The summed E-state index contributed by atoms with van der Waals surface area (Å²) in [5.74, 6) is 1.66. The molecule has 0 aliphatic carbocycles. The van der Waals surface area contributed by atoms with Gasteiger partial charge in [-0.1, -0.05) is 48.5 Å².